The molecule has 1 aromatic rings. The van der Waals surface area contributed by atoms with Crippen LogP contribution in [0.5, 0.6) is 0 Å². The highest BCUT2D eigenvalue weighted by molar-refractivity contribution is 5.76. The predicted octanol–water partition coefficient (Wildman–Crippen LogP) is 4.63. The van der Waals surface area contributed by atoms with Crippen LogP contribution in [0, 0.1) is 0 Å². The maximum atomic E-state index is 2.65. The lowest BCUT2D eigenvalue weighted by Gasteiger charge is -2.26. The molecule has 108 valence electrons. The molecular weight excluding hydrogens is 242 g/mol. The molecule has 0 unspecified atom stereocenters. The average Bonchev–Trinajstić information content (AvgIpc) is 2.72. The monoisotopic (exact) mass is 269 g/mol. The molecule has 1 aromatic carbocycles. The SMILES string of the molecule is CC1(C)C=C(CCCN2CCCCC2)c2ccccc21. The van der Waals surface area contributed by atoms with Gasteiger partial charge in [0.2, 0.25) is 0 Å². The standard InChI is InChI=1S/C19H27N/c1-19(2)15-16(17-10-4-5-11-18(17)19)9-8-14-20-12-6-3-7-13-20/h4-5,10-11,15H,3,6-9,12-14H2,1-2H3. The highest BCUT2D eigenvalue weighted by atomic mass is 15.1. The van der Waals surface area contributed by atoms with E-state index in [2.05, 4.69) is 49.1 Å². The maximum Gasteiger partial charge on any atom is 0.00873 e. The van der Waals surface area contributed by atoms with E-state index in [0.717, 1.165) is 0 Å². The van der Waals surface area contributed by atoms with Crippen LogP contribution >= 0.6 is 0 Å². The maximum absolute atomic E-state index is 2.65. The van der Waals surface area contributed by atoms with Crippen molar-refractivity contribution in [1.82, 2.24) is 4.90 Å². The predicted molar refractivity (Wildman–Crippen MR) is 87.0 cm³/mol. The Balaban J connectivity index is 1.61. The fourth-order valence-corrected chi connectivity index (χ4v) is 3.80. The molecule has 1 nitrogen and oxygen atoms in total. The Hall–Kier alpha value is -1.08. The molecule has 0 radical (unpaired) electrons. The van der Waals surface area contributed by atoms with Gasteiger partial charge in [0.05, 0.1) is 0 Å². The van der Waals surface area contributed by atoms with Crippen molar-refractivity contribution in [3.05, 3.63) is 41.5 Å². The molecule has 0 saturated carbocycles. The second-order valence-corrected chi connectivity index (χ2v) is 6.94. The number of rotatable bonds is 4. The van der Waals surface area contributed by atoms with Gasteiger partial charge in [-0.1, -0.05) is 50.6 Å². The minimum absolute atomic E-state index is 0.219. The topological polar surface area (TPSA) is 3.24 Å². The van der Waals surface area contributed by atoms with Gasteiger partial charge < -0.3 is 4.90 Å². The van der Waals surface area contributed by atoms with Gasteiger partial charge in [-0.3, -0.25) is 0 Å². The first-order valence-corrected chi connectivity index (χ1v) is 8.21. The first-order chi connectivity index (χ1) is 9.67. The zero-order chi connectivity index (χ0) is 14.0. The largest absolute Gasteiger partial charge is 0.303 e. The van der Waals surface area contributed by atoms with Crippen molar-refractivity contribution in [3.63, 3.8) is 0 Å². The van der Waals surface area contributed by atoms with Crippen LogP contribution < -0.4 is 0 Å². The Labute approximate surface area is 123 Å². The molecular formula is C19H27N. The number of piperidine rings is 1. The van der Waals surface area contributed by atoms with E-state index in [1.165, 1.54) is 62.9 Å². The molecule has 3 rings (SSSR count). The molecule has 0 bridgehead atoms. The number of allylic oxidation sites excluding steroid dienone is 2. The fourth-order valence-electron chi connectivity index (χ4n) is 3.80. The summed E-state index contributed by atoms with van der Waals surface area (Å²) >= 11 is 0. The third-order valence-corrected chi connectivity index (χ3v) is 4.87. The summed E-state index contributed by atoms with van der Waals surface area (Å²) in [7, 11) is 0. The molecule has 0 N–H and O–H groups in total. The van der Waals surface area contributed by atoms with Gasteiger partial charge in [0.25, 0.3) is 0 Å². The van der Waals surface area contributed by atoms with Crippen LogP contribution in [0.4, 0.5) is 0 Å². The van der Waals surface area contributed by atoms with Crippen molar-refractivity contribution in [2.45, 2.75) is 51.4 Å². The second-order valence-electron chi connectivity index (χ2n) is 6.94. The molecule has 1 heterocycles. The van der Waals surface area contributed by atoms with Gasteiger partial charge in [-0.25, -0.2) is 0 Å². The van der Waals surface area contributed by atoms with Gasteiger partial charge in [-0.05, 0) is 62.0 Å². The number of likely N-dealkylation sites (tertiary alicyclic amines) is 1. The summed E-state index contributed by atoms with van der Waals surface area (Å²) in [5, 5.41) is 0. The van der Waals surface area contributed by atoms with Crippen LogP contribution in [0.1, 0.15) is 57.1 Å². The summed E-state index contributed by atoms with van der Waals surface area (Å²) in [6, 6.07) is 8.95. The molecule has 20 heavy (non-hydrogen) atoms. The van der Waals surface area contributed by atoms with Gasteiger partial charge >= 0.3 is 0 Å². The van der Waals surface area contributed by atoms with Crippen molar-refractivity contribution in [2.75, 3.05) is 19.6 Å². The van der Waals surface area contributed by atoms with Crippen LogP contribution in [0.15, 0.2) is 30.3 Å². The molecule has 0 spiro atoms. The van der Waals surface area contributed by atoms with Gasteiger partial charge in [-0.2, -0.15) is 0 Å². The Kier molecular flexibility index (Phi) is 3.98. The molecule has 1 heteroatoms. The zero-order valence-electron chi connectivity index (χ0n) is 13.0. The Morgan fingerprint density at radius 3 is 2.60 bits per heavy atom. The van der Waals surface area contributed by atoms with E-state index >= 15 is 0 Å². The van der Waals surface area contributed by atoms with Gasteiger partial charge in [0.15, 0.2) is 0 Å². The average molecular weight is 269 g/mol. The van der Waals surface area contributed by atoms with Crippen molar-refractivity contribution >= 4 is 5.57 Å². The van der Waals surface area contributed by atoms with E-state index in [1.54, 1.807) is 5.57 Å². The molecule has 0 amide bonds. The van der Waals surface area contributed by atoms with E-state index in [9.17, 15) is 0 Å². The minimum Gasteiger partial charge on any atom is -0.303 e. The number of nitrogens with zero attached hydrogens (tertiary/aromatic N) is 1. The van der Waals surface area contributed by atoms with Crippen LogP contribution in [-0.2, 0) is 5.41 Å². The third-order valence-electron chi connectivity index (χ3n) is 4.87. The number of hydrogen-bond donors (Lipinski definition) is 0. The van der Waals surface area contributed by atoms with E-state index in [4.69, 9.17) is 0 Å². The zero-order valence-corrected chi connectivity index (χ0v) is 13.0. The smallest absolute Gasteiger partial charge is 0.00873 e. The minimum atomic E-state index is 0.219. The molecule has 1 aliphatic heterocycles. The summed E-state index contributed by atoms with van der Waals surface area (Å²) in [4.78, 5) is 2.65. The number of benzene rings is 1. The summed E-state index contributed by atoms with van der Waals surface area (Å²) in [6.07, 6.45) is 9.27. The molecule has 1 aliphatic carbocycles. The fraction of sp³-hybridized carbons (Fsp3) is 0.579. The lowest BCUT2D eigenvalue weighted by Crippen LogP contribution is -2.30. The van der Waals surface area contributed by atoms with Crippen LogP contribution in [0.3, 0.4) is 0 Å². The molecule has 1 saturated heterocycles. The second kappa shape index (κ2) is 5.73. The lowest BCUT2D eigenvalue weighted by atomic mass is 9.87. The third kappa shape index (κ3) is 2.83. The Bertz CT molecular complexity index is 492. The highest BCUT2D eigenvalue weighted by Gasteiger charge is 2.28. The Morgan fingerprint density at radius 1 is 1.05 bits per heavy atom. The first kappa shape index (κ1) is 13.9. The first-order valence-electron chi connectivity index (χ1n) is 8.21. The molecule has 0 atom stereocenters. The van der Waals surface area contributed by atoms with Gasteiger partial charge in [0, 0.05) is 5.41 Å². The summed E-state index contributed by atoms with van der Waals surface area (Å²) in [5.74, 6) is 0. The Morgan fingerprint density at radius 2 is 1.80 bits per heavy atom. The quantitative estimate of drug-likeness (QED) is 0.770. The summed E-state index contributed by atoms with van der Waals surface area (Å²) in [5.41, 5.74) is 4.79. The van der Waals surface area contributed by atoms with Gasteiger partial charge in [0.1, 0.15) is 0 Å². The van der Waals surface area contributed by atoms with Gasteiger partial charge in [-0.15, -0.1) is 0 Å². The van der Waals surface area contributed by atoms with Crippen molar-refractivity contribution in [2.24, 2.45) is 0 Å². The van der Waals surface area contributed by atoms with E-state index in [-0.39, 0.29) is 5.41 Å². The molecule has 0 aromatic heterocycles. The highest BCUT2D eigenvalue weighted by Crippen LogP contribution is 2.41. The molecule has 2 aliphatic rings. The van der Waals surface area contributed by atoms with Crippen molar-refractivity contribution < 1.29 is 0 Å². The van der Waals surface area contributed by atoms with Crippen molar-refractivity contribution in [3.8, 4) is 0 Å². The lowest BCUT2D eigenvalue weighted by molar-refractivity contribution is 0.227. The number of hydrogen-bond acceptors (Lipinski definition) is 1. The van der Waals surface area contributed by atoms with Crippen molar-refractivity contribution in [1.29, 1.82) is 0 Å². The van der Waals surface area contributed by atoms with E-state index < -0.39 is 0 Å². The van der Waals surface area contributed by atoms with Crippen LogP contribution in [-0.4, -0.2) is 24.5 Å². The summed E-state index contributed by atoms with van der Waals surface area (Å²) < 4.78 is 0. The van der Waals surface area contributed by atoms with E-state index in [0.29, 0.717) is 0 Å². The van der Waals surface area contributed by atoms with Crippen LogP contribution in [0.25, 0.3) is 5.57 Å². The number of fused-ring (bicyclic) bond motifs is 1. The normalized spacial score (nSPS) is 21.6. The molecule has 1 fully saturated rings. The van der Waals surface area contributed by atoms with Crippen LogP contribution in [0.2, 0.25) is 0 Å². The van der Waals surface area contributed by atoms with E-state index in [1.807, 2.05) is 0 Å². The summed E-state index contributed by atoms with van der Waals surface area (Å²) in [6.45, 7) is 8.59.